The van der Waals surface area contributed by atoms with Crippen LogP contribution >= 0.6 is 55.2 Å². The Hall–Kier alpha value is -1.02. The maximum atomic E-state index is 12.9. The molecule has 1 N–H and O–H groups in total. The molecule has 0 amide bonds. The topological polar surface area (TPSA) is 46.9 Å². The van der Waals surface area contributed by atoms with Gasteiger partial charge in [0.2, 0.25) is 0 Å². The van der Waals surface area contributed by atoms with Gasteiger partial charge in [0.1, 0.15) is 6.33 Å². The van der Waals surface area contributed by atoms with Crippen molar-refractivity contribution < 1.29 is 0 Å². The minimum atomic E-state index is -0.182. The van der Waals surface area contributed by atoms with Crippen molar-refractivity contribution in [1.82, 2.24) is 9.66 Å². The second-order valence-corrected chi connectivity index (χ2v) is 8.69. The molecule has 0 saturated heterocycles. The molecule has 0 aliphatic heterocycles. The van der Waals surface area contributed by atoms with Gasteiger partial charge in [-0.3, -0.25) is 10.2 Å². The van der Waals surface area contributed by atoms with Gasteiger partial charge in [-0.2, -0.15) is 0 Å². The van der Waals surface area contributed by atoms with Crippen LogP contribution in [-0.4, -0.2) is 15.4 Å². The zero-order valence-corrected chi connectivity index (χ0v) is 18.2. The number of nitrogens with one attached hydrogen (secondary N) is 1. The summed E-state index contributed by atoms with van der Waals surface area (Å²) in [5, 5.41) is 1.12. The molecule has 3 aromatic rings. The predicted octanol–water partition coefficient (Wildman–Crippen LogP) is 5.87. The summed E-state index contributed by atoms with van der Waals surface area (Å²) in [5.74, 6) is 0.917. The van der Waals surface area contributed by atoms with Gasteiger partial charge in [0.25, 0.3) is 5.56 Å². The number of fused-ring (bicyclic) bond motifs is 1. The van der Waals surface area contributed by atoms with Gasteiger partial charge in [-0.25, -0.2) is 9.66 Å². The molecule has 1 heterocycles. The van der Waals surface area contributed by atoms with Gasteiger partial charge in [0, 0.05) is 18.9 Å². The number of anilines is 1. The summed E-state index contributed by atoms with van der Waals surface area (Å²) >= 11 is 14.8. The Bertz CT molecular complexity index is 1020. The first kappa shape index (κ1) is 18.8. The fourth-order valence-corrected chi connectivity index (χ4v) is 4.50. The summed E-state index contributed by atoms with van der Waals surface area (Å²) in [6.45, 7) is 4.03. The molecule has 25 heavy (non-hydrogen) atoms. The Morgan fingerprint density at radius 2 is 2.08 bits per heavy atom. The highest BCUT2D eigenvalue weighted by Gasteiger charge is 2.13. The normalized spacial score (nSPS) is 11.1. The number of nitrogens with zero attached hydrogens (tertiary/aromatic N) is 2. The molecule has 0 bridgehead atoms. The predicted molar refractivity (Wildman–Crippen MR) is 113 cm³/mol. The van der Waals surface area contributed by atoms with Crippen LogP contribution in [0.1, 0.15) is 12.5 Å². The average Bonchev–Trinajstić information content (AvgIpc) is 2.58. The van der Waals surface area contributed by atoms with Crippen molar-refractivity contribution in [3.05, 3.63) is 60.5 Å². The Balaban J connectivity index is 2.12. The van der Waals surface area contributed by atoms with E-state index in [0.717, 1.165) is 30.8 Å². The van der Waals surface area contributed by atoms with Crippen LogP contribution < -0.4 is 11.0 Å². The molecule has 3 rings (SSSR count). The molecule has 0 aliphatic carbocycles. The van der Waals surface area contributed by atoms with Crippen molar-refractivity contribution in [3.8, 4) is 0 Å². The second kappa shape index (κ2) is 7.70. The molecule has 0 unspecified atom stereocenters. The van der Waals surface area contributed by atoms with Crippen LogP contribution in [0.15, 0.2) is 49.2 Å². The maximum Gasteiger partial charge on any atom is 0.280 e. The molecule has 4 nitrogen and oxygen atoms in total. The summed E-state index contributed by atoms with van der Waals surface area (Å²) in [6.07, 6.45) is 1.49. The van der Waals surface area contributed by atoms with Crippen LogP contribution in [0.4, 0.5) is 5.69 Å². The largest absolute Gasteiger partial charge is 0.289 e. The minimum absolute atomic E-state index is 0.182. The van der Waals surface area contributed by atoms with E-state index in [1.54, 1.807) is 23.9 Å². The van der Waals surface area contributed by atoms with Crippen molar-refractivity contribution in [3.63, 3.8) is 0 Å². The van der Waals surface area contributed by atoms with Gasteiger partial charge in [-0.05, 0) is 58.4 Å². The van der Waals surface area contributed by atoms with E-state index in [1.807, 2.05) is 19.1 Å². The van der Waals surface area contributed by atoms with Crippen LogP contribution in [0, 0.1) is 6.92 Å². The number of thioether (sulfide) groups is 1. The first-order valence-electron chi connectivity index (χ1n) is 7.47. The van der Waals surface area contributed by atoms with E-state index in [0.29, 0.717) is 15.9 Å². The van der Waals surface area contributed by atoms with Crippen LogP contribution in [0.2, 0.25) is 5.02 Å². The molecule has 0 fully saturated rings. The average molecular weight is 504 g/mol. The van der Waals surface area contributed by atoms with Gasteiger partial charge >= 0.3 is 0 Å². The SMILES string of the molecule is CCSc1ccc(Cl)cc1Nn1cnc2c(Br)c(C)c(Br)cc2c1=O. The fraction of sp³-hybridized carbons (Fsp3) is 0.176. The smallest absolute Gasteiger partial charge is 0.280 e. The number of benzene rings is 2. The van der Waals surface area contributed by atoms with E-state index in [1.165, 1.54) is 11.0 Å². The molecule has 0 radical (unpaired) electrons. The summed E-state index contributed by atoms with van der Waals surface area (Å²) in [5.41, 5.74) is 5.35. The van der Waals surface area contributed by atoms with E-state index in [-0.39, 0.29) is 5.56 Å². The second-order valence-electron chi connectivity index (χ2n) is 5.30. The lowest BCUT2D eigenvalue weighted by molar-refractivity contribution is 0.873. The standard InChI is InChI=1S/C17H14Br2ClN3OS/c1-3-25-14-5-4-10(20)6-13(14)22-23-8-21-16-11(17(23)24)7-12(18)9(2)15(16)19/h4-8,22H,3H2,1-2H3. The molecule has 0 atom stereocenters. The third kappa shape index (κ3) is 3.74. The highest BCUT2D eigenvalue weighted by Crippen LogP contribution is 2.31. The van der Waals surface area contributed by atoms with Crippen LogP contribution in [0.5, 0.6) is 0 Å². The Kier molecular flexibility index (Phi) is 5.78. The van der Waals surface area contributed by atoms with Crippen molar-refractivity contribution in [2.45, 2.75) is 18.7 Å². The molecule has 1 aromatic heterocycles. The van der Waals surface area contributed by atoms with Crippen LogP contribution in [0.3, 0.4) is 0 Å². The molecule has 8 heteroatoms. The lowest BCUT2D eigenvalue weighted by Crippen LogP contribution is -2.27. The molecular formula is C17H14Br2ClN3OS. The van der Waals surface area contributed by atoms with E-state index in [2.05, 4.69) is 49.2 Å². The lowest BCUT2D eigenvalue weighted by Gasteiger charge is -2.14. The molecular weight excluding hydrogens is 490 g/mol. The van der Waals surface area contributed by atoms with Crippen LogP contribution in [-0.2, 0) is 0 Å². The molecule has 0 aliphatic rings. The Morgan fingerprint density at radius 1 is 1.32 bits per heavy atom. The van der Waals surface area contributed by atoms with Crippen LogP contribution in [0.25, 0.3) is 10.9 Å². The van der Waals surface area contributed by atoms with Crippen molar-refractivity contribution >= 4 is 71.8 Å². The minimum Gasteiger partial charge on any atom is -0.289 e. The van der Waals surface area contributed by atoms with Gasteiger partial charge in [-0.15, -0.1) is 11.8 Å². The Labute approximate surface area is 171 Å². The zero-order valence-electron chi connectivity index (χ0n) is 13.4. The van der Waals surface area contributed by atoms with E-state index in [9.17, 15) is 4.79 Å². The number of hydrogen-bond donors (Lipinski definition) is 1. The monoisotopic (exact) mass is 501 g/mol. The van der Waals surface area contributed by atoms with E-state index < -0.39 is 0 Å². The zero-order chi connectivity index (χ0) is 18.1. The molecule has 0 spiro atoms. The highest BCUT2D eigenvalue weighted by atomic mass is 79.9. The molecule has 130 valence electrons. The first-order chi connectivity index (χ1) is 11.9. The van der Waals surface area contributed by atoms with E-state index >= 15 is 0 Å². The first-order valence-corrected chi connectivity index (χ1v) is 10.4. The van der Waals surface area contributed by atoms with Crippen molar-refractivity contribution in [2.75, 3.05) is 11.2 Å². The van der Waals surface area contributed by atoms with E-state index in [4.69, 9.17) is 11.6 Å². The maximum absolute atomic E-state index is 12.9. The fourth-order valence-electron chi connectivity index (χ4n) is 2.37. The molecule has 2 aromatic carbocycles. The highest BCUT2D eigenvalue weighted by molar-refractivity contribution is 9.11. The quantitative estimate of drug-likeness (QED) is 0.453. The summed E-state index contributed by atoms with van der Waals surface area (Å²) in [6, 6.07) is 7.37. The number of aromatic nitrogens is 2. The number of rotatable bonds is 4. The third-order valence-corrected chi connectivity index (χ3v) is 6.64. The molecule has 0 saturated carbocycles. The summed E-state index contributed by atoms with van der Waals surface area (Å²) in [4.78, 5) is 18.3. The van der Waals surface area contributed by atoms with Crippen molar-refractivity contribution in [1.29, 1.82) is 0 Å². The summed E-state index contributed by atoms with van der Waals surface area (Å²) < 4.78 is 3.04. The van der Waals surface area contributed by atoms with Gasteiger partial charge in [0.05, 0.1) is 16.6 Å². The number of hydrogen-bond acceptors (Lipinski definition) is 4. The van der Waals surface area contributed by atoms with Gasteiger partial charge in [-0.1, -0.05) is 34.5 Å². The lowest BCUT2D eigenvalue weighted by atomic mass is 10.2. The van der Waals surface area contributed by atoms with Gasteiger partial charge < -0.3 is 0 Å². The summed E-state index contributed by atoms with van der Waals surface area (Å²) in [7, 11) is 0. The van der Waals surface area contributed by atoms with Gasteiger partial charge in [0.15, 0.2) is 0 Å². The third-order valence-electron chi connectivity index (χ3n) is 3.66. The number of halogens is 3. The van der Waals surface area contributed by atoms with Crippen molar-refractivity contribution in [2.24, 2.45) is 0 Å². The Morgan fingerprint density at radius 3 is 2.80 bits per heavy atom.